The maximum atomic E-state index is 12.4. The van der Waals surface area contributed by atoms with Crippen LogP contribution in [0.25, 0.3) is 0 Å². The second kappa shape index (κ2) is 6.78. The van der Waals surface area contributed by atoms with Crippen LogP contribution in [0, 0.1) is 5.41 Å². The molecule has 0 amide bonds. The Labute approximate surface area is 124 Å². The van der Waals surface area contributed by atoms with Crippen molar-refractivity contribution in [3.05, 3.63) is 11.1 Å². The first kappa shape index (κ1) is 19.2. The zero-order chi connectivity index (χ0) is 15.5. The van der Waals surface area contributed by atoms with Crippen molar-refractivity contribution in [2.75, 3.05) is 11.6 Å². The third kappa shape index (κ3) is 7.53. The topological polar surface area (TPSA) is 43.4 Å². The normalized spacial score (nSPS) is 16.5. The molecule has 0 aromatic rings. The molecule has 0 spiro atoms. The fourth-order valence-corrected chi connectivity index (χ4v) is 3.01. The van der Waals surface area contributed by atoms with Gasteiger partial charge in [0.15, 0.2) is 0 Å². The van der Waals surface area contributed by atoms with Gasteiger partial charge in [-0.15, -0.1) is 0 Å². The molecule has 0 saturated carbocycles. The third-order valence-electron chi connectivity index (χ3n) is 2.36. The summed E-state index contributed by atoms with van der Waals surface area (Å²) in [5.41, 5.74) is -0.835. The van der Waals surface area contributed by atoms with Crippen molar-refractivity contribution in [1.82, 2.24) is 0 Å². The minimum absolute atomic E-state index is 0.408. The lowest BCUT2D eigenvalue weighted by Crippen LogP contribution is -2.33. The lowest BCUT2D eigenvalue weighted by molar-refractivity contribution is -0.0856. The van der Waals surface area contributed by atoms with Gasteiger partial charge in [0.1, 0.15) is 11.1 Å². The Balaban J connectivity index is 5.43. The fourth-order valence-electron chi connectivity index (χ4n) is 1.19. The molecule has 0 heterocycles. The molecule has 0 radical (unpaired) electrons. The van der Waals surface area contributed by atoms with Crippen molar-refractivity contribution < 1.29 is 25.8 Å². The molecule has 0 aliphatic rings. The molecule has 0 aliphatic carbocycles. The van der Waals surface area contributed by atoms with Gasteiger partial charge in [-0.3, -0.25) is 4.18 Å². The standard InChI is InChI=1S/C10H15BrClF3O3S/c1-9(2,4-5-11)8(18-19(3,16)17)6-7(12)10(13,14)15/h6,8H,4-5H2,1-3H3. The molecule has 0 aromatic heterocycles. The molecule has 9 heteroatoms. The quantitative estimate of drug-likeness (QED) is 0.514. The van der Waals surface area contributed by atoms with E-state index < -0.39 is 32.8 Å². The molecular weight excluding hydrogens is 373 g/mol. The monoisotopic (exact) mass is 386 g/mol. The molecule has 3 nitrogen and oxygen atoms in total. The Bertz CT molecular complexity index is 432. The summed E-state index contributed by atoms with van der Waals surface area (Å²) in [6.07, 6.45) is -4.25. The number of hydrogen-bond donors (Lipinski definition) is 0. The summed E-state index contributed by atoms with van der Waals surface area (Å²) >= 11 is 8.29. The molecule has 0 aliphatic heterocycles. The second-order valence-electron chi connectivity index (χ2n) is 4.66. The second-order valence-corrected chi connectivity index (χ2v) is 7.46. The fraction of sp³-hybridized carbons (Fsp3) is 0.800. The average Bonchev–Trinajstić information content (AvgIpc) is 2.12. The zero-order valence-electron chi connectivity index (χ0n) is 10.6. The van der Waals surface area contributed by atoms with Gasteiger partial charge in [-0.2, -0.15) is 21.6 Å². The summed E-state index contributed by atoms with van der Waals surface area (Å²) in [7, 11) is -3.90. The van der Waals surface area contributed by atoms with Gasteiger partial charge in [-0.25, -0.2) is 0 Å². The van der Waals surface area contributed by atoms with Crippen LogP contribution in [0.1, 0.15) is 20.3 Å². The summed E-state index contributed by atoms with van der Waals surface area (Å²) < 4.78 is 64.2. The molecule has 0 N–H and O–H groups in total. The van der Waals surface area contributed by atoms with E-state index in [9.17, 15) is 21.6 Å². The minimum Gasteiger partial charge on any atom is -0.262 e. The number of alkyl halides is 4. The van der Waals surface area contributed by atoms with Crippen LogP contribution in [0.15, 0.2) is 11.1 Å². The Morgan fingerprint density at radius 3 is 2.21 bits per heavy atom. The molecule has 0 rings (SSSR count). The van der Waals surface area contributed by atoms with Crippen LogP contribution >= 0.6 is 27.5 Å². The van der Waals surface area contributed by atoms with Gasteiger partial charge in [0.2, 0.25) is 0 Å². The maximum absolute atomic E-state index is 12.4. The zero-order valence-corrected chi connectivity index (χ0v) is 13.8. The van der Waals surface area contributed by atoms with Crippen molar-refractivity contribution in [2.24, 2.45) is 5.41 Å². The van der Waals surface area contributed by atoms with Gasteiger partial charge in [0.25, 0.3) is 10.1 Å². The predicted octanol–water partition coefficient (Wildman–Crippen LogP) is 3.83. The van der Waals surface area contributed by atoms with Crippen LogP contribution < -0.4 is 0 Å². The van der Waals surface area contributed by atoms with Crippen LogP contribution in [0.2, 0.25) is 0 Å². The summed E-state index contributed by atoms with van der Waals surface area (Å²) in [6.45, 7) is 3.20. The van der Waals surface area contributed by atoms with Crippen molar-refractivity contribution >= 4 is 37.6 Å². The van der Waals surface area contributed by atoms with Crippen LogP contribution in [0.4, 0.5) is 13.2 Å². The highest BCUT2D eigenvalue weighted by molar-refractivity contribution is 9.09. The van der Waals surface area contributed by atoms with E-state index >= 15 is 0 Å². The van der Waals surface area contributed by atoms with Crippen molar-refractivity contribution in [2.45, 2.75) is 32.5 Å². The Morgan fingerprint density at radius 2 is 1.89 bits per heavy atom. The van der Waals surface area contributed by atoms with Gasteiger partial charge >= 0.3 is 6.18 Å². The summed E-state index contributed by atoms with van der Waals surface area (Å²) in [5.74, 6) is 0. The third-order valence-corrected chi connectivity index (χ3v) is 3.65. The SMILES string of the molecule is CC(C)(CCBr)C(C=C(Cl)C(F)(F)F)OS(C)(=O)=O. The Kier molecular flexibility index (Phi) is 6.85. The maximum Gasteiger partial charge on any atom is 0.426 e. The summed E-state index contributed by atoms with van der Waals surface area (Å²) in [5, 5.41) is -0.912. The Morgan fingerprint density at radius 1 is 1.42 bits per heavy atom. The molecule has 19 heavy (non-hydrogen) atoms. The summed E-state index contributed by atoms with van der Waals surface area (Å²) in [6, 6.07) is 0. The van der Waals surface area contributed by atoms with E-state index in [2.05, 4.69) is 15.9 Å². The molecule has 114 valence electrons. The van der Waals surface area contributed by atoms with Crippen molar-refractivity contribution in [3.63, 3.8) is 0 Å². The highest BCUT2D eigenvalue weighted by Crippen LogP contribution is 2.35. The van der Waals surface area contributed by atoms with Gasteiger partial charge in [0, 0.05) is 5.33 Å². The molecule has 1 atom stereocenters. The first-order valence-corrected chi connectivity index (χ1v) is 8.50. The number of hydrogen-bond acceptors (Lipinski definition) is 3. The van der Waals surface area contributed by atoms with Crippen molar-refractivity contribution in [3.8, 4) is 0 Å². The molecule has 0 bridgehead atoms. The largest absolute Gasteiger partial charge is 0.426 e. The highest BCUT2D eigenvalue weighted by atomic mass is 79.9. The van der Waals surface area contributed by atoms with Crippen LogP contribution in [0.3, 0.4) is 0 Å². The number of halogens is 5. The summed E-state index contributed by atoms with van der Waals surface area (Å²) in [4.78, 5) is 0. The minimum atomic E-state index is -4.73. The molecule has 0 aromatic carbocycles. The van der Waals surface area contributed by atoms with E-state index in [4.69, 9.17) is 15.8 Å². The average molecular weight is 388 g/mol. The molecule has 0 saturated heterocycles. The Hall–Kier alpha value is 0.210. The van der Waals surface area contributed by atoms with Crippen molar-refractivity contribution in [1.29, 1.82) is 0 Å². The van der Waals surface area contributed by atoms with Gasteiger partial charge < -0.3 is 0 Å². The van der Waals surface area contributed by atoms with E-state index in [1.165, 1.54) is 0 Å². The highest BCUT2D eigenvalue weighted by Gasteiger charge is 2.37. The van der Waals surface area contributed by atoms with E-state index in [1.807, 2.05) is 0 Å². The van der Waals surface area contributed by atoms with Crippen LogP contribution in [0.5, 0.6) is 0 Å². The smallest absolute Gasteiger partial charge is 0.262 e. The molecular formula is C10H15BrClF3O3S. The van der Waals surface area contributed by atoms with E-state index in [-0.39, 0.29) is 0 Å². The van der Waals surface area contributed by atoms with Crippen LogP contribution in [-0.4, -0.2) is 32.3 Å². The predicted molar refractivity (Wildman–Crippen MR) is 71.9 cm³/mol. The van der Waals surface area contributed by atoms with Crippen LogP contribution in [-0.2, 0) is 14.3 Å². The first-order valence-electron chi connectivity index (χ1n) is 5.18. The lowest BCUT2D eigenvalue weighted by Gasteiger charge is -2.31. The van der Waals surface area contributed by atoms with Gasteiger partial charge in [0.05, 0.1) is 6.26 Å². The van der Waals surface area contributed by atoms with E-state index in [1.54, 1.807) is 13.8 Å². The first-order chi connectivity index (χ1) is 8.29. The number of allylic oxidation sites excluding steroid dienone is 1. The number of rotatable bonds is 6. The van der Waals surface area contributed by atoms with E-state index in [0.29, 0.717) is 17.8 Å². The molecule has 0 fully saturated rings. The van der Waals surface area contributed by atoms with E-state index in [0.717, 1.165) is 6.26 Å². The van der Waals surface area contributed by atoms with Gasteiger partial charge in [-0.1, -0.05) is 41.4 Å². The molecule has 1 unspecified atom stereocenters. The van der Waals surface area contributed by atoms with Gasteiger partial charge in [-0.05, 0) is 17.9 Å². The lowest BCUT2D eigenvalue weighted by atomic mass is 9.83.